The zero-order chi connectivity index (χ0) is 18.3. The standard InChI is InChI=1S/C20H20N4OS/c1-12-4-6-16(8-13(12)2)21-20-23-22-17(11-26-20)14-5-7-18-15(9-14)10-19(25)24(18)3/h4-9H,10-11H2,1-3H3,(H,21,23). The van der Waals surface area contributed by atoms with Gasteiger partial charge in [-0.25, -0.2) is 4.99 Å². The summed E-state index contributed by atoms with van der Waals surface area (Å²) in [5, 5.41) is 5.30. The molecule has 5 nitrogen and oxygen atoms in total. The van der Waals surface area contributed by atoms with Crippen molar-refractivity contribution >= 4 is 39.9 Å². The number of carbonyl (C=O) groups is 1. The number of amides is 1. The van der Waals surface area contributed by atoms with Crippen LogP contribution in [0.2, 0.25) is 0 Å². The van der Waals surface area contributed by atoms with Gasteiger partial charge in [-0.15, -0.1) is 0 Å². The zero-order valence-electron chi connectivity index (χ0n) is 15.0. The van der Waals surface area contributed by atoms with Crippen molar-refractivity contribution in [3.05, 3.63) is 58.7 Å². The Kier molecular flexibility index (Phi) is 4.28. The minimum atomic E-state index is 0.137. The Hall–Kier alpha value is -2.60. The van der Waals surface area contributed by atoms with Crippen LogP contribution in [-0.2, 0) is 11.2 Å². The lowest BCUT2D eigenvalue weighted by Gasteiger charge is -2.16. The summed E-state index contributed by atoms with van der Waals surface area (Å²) < 4.78 is 0. The number of fused-ring (bicyclic) bond motifs is 1. The number of hydrazone groups is 1. The SMILES string of the molecule is Cc1ccc(N=C2NN=C(c3ccc4c(c3)CC(=O)N4C)CS2)cc1C. The van der Waals surface area contributed by atoms with Gasteiger partial charge in [0.1, 0.15) is 0 Å². The van der Waals surface area contributed by atoms with Gasteiger partial charge >= 0.3 is 0 Å². The van der Waals surface area contributed by atoms with E-state index in [1.54, 1.807) is 16.7 Å². The molecule has 2 aromatic carbocycles. The first-order valence-corrected chi connectivity index (χ1v) is 9.51. The number of rotatable bonds is 2. The minimum Gasteiger partial charge on any atom is -0.315 e. The molecule has 6 heteroatoms. The largest absolute Gasteiger partial charge is 0.315 e. The number of carbonyl (C=O) groups excluding carboxylic acids is 1. The average Bonchev–Trinajstić information content (AvgIpc) is 2.92. The molecule has 0 saturated heterocycles. The number of anilines is 1. The van der Waals surface area contributed by atoms with Crippen molar-refractivity contribution in [2.75, 3.05) is 17.7 Å². The molecule has 0 spiro atoms. The van der Waals surface area contributed by atoms with E-state index >= 15 is 0 Å². The van der Waals surface area contributed by atoms with Crippen molar-refractivity contribution in [3.8, 4) is 0 Å². The van der Waals surface area contributed by atoms with Crippen molar-refractivity contribution in [3.63, 3.8) is 0 Å². The number of nitrogens with zero attached hydrogens (tertiary/aromatic N) is 3. The highest BCUT2D eigenvalue weighted by atomic mass is 32.2. The van der Waals surface area contributed by atoms with Crippen molar-refractivity contribution < 1.29 is 4.79 Å². The summed E-state index contributed by atoms with van der Waals surface area (Å²) in [4.78, 5) is 18.2. The maximum absolute atomic E-state index is 11.8. The van der Waals surface area contributed by atoms with Crippen LogP contribution in [0.4, 0.5) is 11.4 Å². The highest BCUT2D eigenvalue weighted by Crippen LogP contribution is 2.29. The van der Waals surface area contributed by atoms with Crippen LogP contribution in [0.5, 0.6) is 0 Å². The quantitative estimate of drug-likeness (QED) is 0.887. The molecule has 0 unspecified atom stereocenters. The summed E-state index contributed by atoms with van der Waals surface area (Å²) in [6, 6.07) is 12.3. The van der Waals surface area contributed by atoms with Crippen LogP contribution < -0.4 is 10.3 Å². The predicted molar refractivity (Wildman–Crippen MR) is 109 cm³/mol. The Morgan fingerprint density at radius 1 is 1.15 bits per heavy atom. The minimum absolute atomic E-state index is 0.137. The Labute approximate surface area is 157 Å². The van der Waals surface area contributed by atoms with Crippen LogP contribution in [-0.4, -0.2) is 29.6 Å². The molecule has 2 heterocycles. The molecule has 0 fully saturated rings. The fourth-order valence-corrected chi connectivity index (χ4v) is 3.87. The van der Waals surface area contributed by atoms with E-state index in [0.717, 1.165) is 39.1 Å². The molecule has 4 rings (SSSR count). The third kappa shape index (κ3) is 3.12. The first-order chi connectivity index (χ1) is 12.5. The maximum atomic E-state index is 11.8. The highest BCUT2D eigenvalue weighted by Gasteiger charge is 2.25. The highest BCUT2D eigenvalue weighted by molar-refractivity contribution is 8.14. The number of nitrogens with one attached hydrogen (secondary N) is 1. The van der Waals surface area contributed by atoms with E-state index in [2.05, 4.69) is 47.6 Å². The van der Waals surface area contributed by atoms with E-state index in [4.69, 9.17) is 0 Å². The van der Waals surface area contributed by atoms with Gasteiger partial charge < -0.3 is 4.90 Å². The second-order valence-electron chi connectivity index (χ2n) is 6.62. The molecule has 2 aliphatic rings. The van der Waals surface area contributed by atoms with Gasteiger partial charge in [0, 0.05) is 18.5 Å². The molecule has 0 atom stereocenters. The van der Waals surface area contributed by atoms with Gasteiger partial charge in [0.2, 0.25) is 5.91 Å². The third-order valence-electron chi connectivity index (χ3n) is 4.84. The van der Waals surface area contributed by atoms with Crippen molar-refractivity contribution in [2.45, 2.75) is 20.3 Å². The fourth-order valence-electron chi connectivity index (χ4n) is 3.08. The van der Waals surface area contributed by atoms with Gasteiger partial charge in [0.15, 0.2) is 5.17 Å². The second-order valence-corrected chi connectivity index (χ2v) is 7.58. The van der Waals surface area contributed by atoms with Crippen LogP contribution in [0, 0.1) is 13.8 Å². The van der Waals surface area contributed by atoms with E-state index in [-0.39, 0.29) is 5.91 Å². The number of aryl methyl sites for hydroxylation is 2. The number of thioether (sulfide) groups is 1. The number of hydrogen-bond donors (Lipinski definition) is 1. The predicted octanol–water partition coefficient (Wildman–Crippen LogP) is 3.55. The monoisotopic (exact) mass is 364 g/mol. The first-order valence-electron chi connectivity index (χ1n) is 8.52. The lowest BCUT2D eigenvalue weighted by Crippen LogP contribution is -2.25. The van der Waals surface area contributed by atoms with E-state index < -0.39 is 0 Å². The third-order valence-corrected chi connectivity index (χ3v) is 5.72. The molecule has 0 aromatic heterocycles. The molecule has 0 bridgehead atoms. The molecule has 0 saturated carbocycles. The number of amidine groups is 1. The summed E-state index contributed by atoms with van der Waals surface area (Å²) in [6.07, 6.45) is 0.465. The first kappa shape index (κ1) is 16.8. The summed E-state index contributed by atoms with van der Waals surface area (Å²) in [7, 11) is 1.82. The van der Waals surface area contributed by atoms with Gasteiger partial charge in [-0.2, -0.15) is 5.10 Å². The summed E-state index contributed by atoms with van der Waals surface area (Å²) >= 11 is 1.64. The normalized spacial score (nSPS) is 18.0. The summed E-state index contributed by atoms with van der Waals surface area (Å²) in [5.41, 5.74) is 10.6. The number of benzene rings is 2. The molecular formula is C20H20N4OS. The molecule has 26 heavy (non-hydrogen) atoms. The maximum Gasteiger partial charge on any atom is 0.231 e. The van der Waals surface area contributed by atoms with Crippen LogP contribution in [0.1, 0.15) is 22.3 Å². The van der Waals surface area contributed by atoms with Gasteiger partial charge in [-0.1, -0.05) is 23.9 Å². The second kappa shape index (κ2) is 6.61. The molecule has 2 aliphatic heterocycles. The Bertz CT molecular complexity index is 964. The van der Waals surface area contributed by atoms with E-state index in [1.165, 1.54) is 11.1 Å². The number of likely N-dealkylation sites (N-methyl/N-ethyl adjacent to an activating group) is 1. The lowest BCUT2D eigenvalue weighted by atomic mass is 10.1. The van der Waals surface area contributed by atoms with Crippen LogP contribution in [0.15, 0.2) is 46.5 Å². The molecule has 132 valence electrons. The van der Waals surface area contributed by atoms with E-state index in [1.807, 2.05) is 25.2 Å². The van der Waals surface area contributed by atoms with Gasteiger partial charge in [0.25, 0.3) is 0 Å². The van der Waals surface area contributed by atoms with E-state index in [9.17, 15) is 4.79 Å². The Morgan fingerprint density at radius 3 is 2.73 bits per heavy atom. The topological polar surface area (TPSA) is 57.1 Å². The Morgan fingerprint density at radius 2 is 2.00 bits per heavy atom. The number of aliphatic imine (C=N–C) groups is 1. The zero-order valence-corrected chi connectivity index (χ0v) is 15.9. The van der Waals surface area contributed by atoms with Crippen molar-refractivity contribution in [1.82, 2.24) is 5.43 Å². The number of hydrogen-bond acceptors (Lipinski definition) is 4. The molecule has 1 N–H and O–H groups in total. The molecule has 0 radical (unpaired) electrons. The van der Waals surface area contributed by atoms with Gasteiger partial charge in [-0.05, 0) is 60.4 Å². The average molecular weight is 364 g/mol. The van der Waals surface area contributed by atoms with Gasteiger partial charge in [0.05, 0.1) is 17.8 Å². The van der Waals surface area contributed by atoms with Crippen molar-refractivity contribution in [2.24, 2.45) is 10.1 Å². The van der Waals surface area contributed by atoms with E-state index in [0.29, 0.717) is 6.42 Å². The van der Waals surface area contributed by atoms with Crippen LogP contribution >= 0.6 is 11.8 Å². The lowest BCUT2D eigenvalue weighted by molar-refractivity contribution is -0.117. The van der Waals surface area contributed by atoms with Crippen LogP contribution in [0.25, 0.3) is 0 Å². The molecule has 2 aromatic rings. The summed E-state index contributed by atoms with van der Waals surface area (Å²) in [5.74, 6) is 0.886. The van der Waals surface area contributed by atoms with Crippen LogP contribution in [0.3, 0.4) is 0 Å². The Balaban J connectivity index is 1.53. The molecule has 0 aliphatic carbocycles. The molecule has 1 amide bonds. The van der Waals surface area contributed by atoms with Gasteiger partial charge in [-0.3, -0.25) is 10.2 Å². The smallest absolute Gasteiger partial charge is 0.231 e. The van der Waals surface area contributed by atoms with Crippen molar-refractivity contribution in [1.29, 1.82) is 0 Å². The summed E-state index contributed by atoms with van der Waals surface area (Å²) in [6.45, 7) is 4.19. The molecular weight excluding hydrogens is 344 g/mol. The fraction of sp³-hybridized carbons (Fsp3) is 0.250.